The molecule has 0 aliphatic heterocycles. The van der Waals surface area contributed by atoms with Gasteiger partial charge in [-0.25, -0.2) is 4.39 Å². The summed E-state index contributed by atoms with van der Waals surface area (Å²) < 4.78 is 20.7. The summed E-state index contributed by atoms with van der Waals surface area (Å²) in [5.74, 6) is -0.00122. The van der Waals surface area contributed by atoms with E-state index in [9.17, 15) is 4.39 Å². The summed E-state index contributed by atoms with van der Waals surface area (Å²) in [6.45, 7) is 5.04. The van der Waals surface area contributed by atoms with Gasteiger partial charge in [0.1, 0.15) is 6.61 Å². The Balaban J connectivity index is 2.11. The topological polar surface area (TPSA) is 21.3 Å². The molecule has 2 aromatic rings. The molecule has 0 heterocycles. The van der Waals surface area contributed by atoms with Gasteiger partial charge in [0.05, 0.1) is 0 Å². The summed E-state index contributed by atoms with van der Waals surface area (Å²) >= 11 is 3.42. The quantitative estimate of drug-likeness (QED) is 0.816. The third-order valence-corrected chi connectivity index (χ3v) is 3.51. The molecular formula is C17H19BrFNO. The lowest BCUT2D eigenvalue weighted by Crippen LogP contribution is -2.22. The largest absolute Gasteiger partial charge is 0.485 e. The summed E-state index contributed by atoms with van der Waals surface area (Å²) in [4.78, 5) is 0. The fourth-order valence-electron chi connectivity index (χ4n) is 1.95. The molecule has 4 heteroatoms. The van der Waals surface area contributed by atoms with Crippen molar-refractivity contribution in [3.63, 3.8) is 0 Å². The van der Waals surface area contributed by atoms with Gasteiger partial charge in [-0.2, -0.15) is 0 Å². The van der Waals surface area contributed by atoms with Crippen LogP contribution in [-0.2, 0) is 13.2 Å². The predicted molar refractivity (Wildman–Crippen MR) is 86.8 cm³/mol. The molecule has 112 valence electrons. The van der Waals surface area contributed by atoms with E-state index in [0.29, 0.717) is 24.9 Å². The van der Waals surface area contributed by atoms with Gasteiger partial charge in [-0.3, -0.25) is 0 Å². The number of rotatable bonds is 6. The first-order valence-corrected chi connectivity index (χ1v) is 7.73. The number of nitrogens with one attached hydrogen (secondary N) is 1. The molecule has 0 aliphatic carbocycles. The van der Waals surface area contributed by atoms with Gasteiger partial charge < -0.3 is 10.1 Å². The average Bonchev–Trinajstić information content (AvgIpc) is 2.44. The minimum atomic E-state index is -0.326. The van der Waals surface area contributed by atoms with E-state index in [4.69, 9.17) is 4.74 Å². The maximum atomic E-state index is 14.0. The van der Waals surface area contributed by atoms with E-state index in [2.05, 4.69) is 35.1 Å². The van der Waals surface area contributed by atoms with Crippen LogP contribution < -0.4 is 10.1 Å². The standard InChI is InChI=1S/C17H19BrFNO/c1-12(2)20-10-14-6-4-8-16(19)17(14)21-11-13-5-3-7-15(18)9-13/h3-9,12,20H,10-11H2,1-2H3. The van der Waals surface area contributed by atoms with Crippen LogP contribution in [0.25, 0.3) is 0 Å². The zero-order chi connectivity index (χ0) is 15.2. The molecule has 21 heavy (non-hydrogen) atoms. The Morgan fingerprint density at radius 1 is 1.19 bits per heavy atom. The molecular weight excluding hydrogens is 333 g/mol. The lowest BCUT2D eigenvalue weighted by atomic mass is 10.1. The van der Waals surface area contributed by atoms with E-state index in [1.807, 2.05) is 30.3 Å². The van der Waals surface area contributed by atoms with Crippen molar-refractivity contribution >= 4 is 15.9 Å². The summed E-state index contributed by atoms with van der Waals surface area (Å²) in [6.07, 6.45) is 0. The molecule has 0 saturated carbocycles. The van der Waals surface area contributed by atoms with E-state index in [0.717, 1.165) is 15.6 Å². The Hall–Kier alpha value is -1.39. The number of ether oxygens (including phenoxy) is 1. The van der Waals surface area contributed by atoms with Crippen molar-refractivity contribution in [2.24, 2.45) is 0 Å². The van der Waals surface area contributed by atoms with Crippen LogP contribution in [0.4, 0.5) is 4.39 Å². The third-order valence-electron chi connectivity index (χ3n) is 3.02. The highest BCUT2D eigenvalue weighted by atomic mass is 79.9. The SMILES string of the molecule is CC(C)NCc1cccc(F)c1OCc1cccc(Br)c1. The first kappa shape index (κ1) is 16.0. The number of hydrogen-bond acceptors (Lipinski definition) is 2. The van der Waals surface area contributed by atoms with Crippen LogP contribution in [0.2, 0.25) is 0 Å². The Labute approximate surface area is 133 Å². The van der Waals surface area contributed by atoms with Crippen LogP contribution in [0.3, 0.4) is 0 Å². The highest BCUT2D eigenvalue weighted by molar-refractivity contribution is 9.10. The number of benzene rings is 2. The van der Waals surface area contributed by atoms with E-state index in [-0.39, 0.29) is 5.82 Å². The lowest BCUT2D eigenvalue weighted by molar-refractivity contribution is 0.285. The van der Waals surface area contributed by atoms with Gasteiger partial charge >= 0.3 is 0 Å². The van der Waals surface area contributed by atoms with Crippen LogP contribution in [0.5, 0.6) is 5.75 Å². The molecule has 0 radical (unpaired) electrons. The molecule has 2 nitrogen and oxygen atoms in total. The van der Waals surface area contributed by atoms with Crippen LogP contribution in [0.1, 0.15) is 25.0 Å². The minimum Gasteiger partial charge on any atom is -0.485 e. The number of hydrogen-bond donors (Lipinski definition) is 1. The van der Waals surface area contributed by atoms with Gasteiger partial charge in [0, 0.05) is 22.6 Å². The highest BCUT2D eigenvalue weighted by Gasteiger charge is 2.10. The molecule has 0 bridgehead atoms. The third kappa shape index (κ3) is 4.83. The highest BCUT2D eigenvalue weighted by Crippen LogP contribution is 2.24. The summed E-state index contributed by atoms with van der Waals surface area (Å²) in [6, 6.07) is 13.2. The molecule has 0 spiro atoms. The van der Waals surface area contributed by atoms with Crippen LogP contribution in [-0.4, -0.2) is 6.04 Å². The van der Waals surface area contributed by atoms with Crippen molar-refractivity contribution in [2.45, 2.75) is 33.0 Å². The van der Waals surface area contributed by atoms with Gasteiger partial charge in [0.25, 0.3) is 0 Å². The molecule has 0 unspecified atom stereocenters. The number of halogens is 2. The summed E-state index contributed by atoms with van der Waals surface area (Å²) in [5.41, 5.74) is 1.83. The molecule has 0 aliphatic rings. The van der Waals surface area contributed by atoms with Gasteiger partial charge in [-0.15, -0.1) is 0 Å². The first-order chi connectivity index (χ1) is 10.1. The molecule has 0 fully saturated rings. The number of para-hydroxylation sites is 1. The van der Waals surface area contributed by atoms with Gasteiger partial charge in [-0.1, -0.05) is 54.0 Å². The second kappa shape index (κ2) is 7.57. The fraction of sp³-hybridized carbons (Fsp3) is 0.294. The second-order valence-corrected chi connectivity index (χ2v) is 6.10. The maximum absolute atomic E-state index is 14.0. The van der Waals surface area contributed by atoms with Gasteiger partial charge in [0.15, 0.2) is 11.6 Å². The van der Waals surface area contributed by atoms with E-state index < -0.39 is 0 Å². The molecule has 1 N–H and O–H groups in total. The summed E-state index contributed by atoms with van der Waals surface area (Å²) in [7, 11) is 0. The van der Waals surface area contributed by atoms with E-state index >= 15 is 0 Å². The molecule has 2 rings (SSSR count). The lowest BCUT2D eigenvalue weighted by Gasteiger charge is -2.14. The monoisotopic (exact) mass is 351 g/mol. The van der Waals surface area contributed by atoms with Crippen LogP contribution in [0.15, 0.2) is 46.9 Å². The molecule has 0 saturated heterocycles. The van der Waals surface area contributed by atoms with Gasteiger partial charge in [-0.05, 0) is 23.8 Å². The maximum Gasteiger partial charge on any atom is 0.165 e. The normalized spacial score (nSPS) is 10.9. The van der Waals surface area contributed by atoms with E-state index in [1.54, 1.807) is 6.07 Å². The smallest absolute Gasteiger partial charge is 0.165 e. The Morgan fingerprint density at radius 2 is 1.95 bits per heavy atom. The predicted octanol–water partition coefficient (Wildman–Crippen LogP) is 4.67. The first-order valence-electron chi connectivity index (χ1n) is 6.94. The Morgan fingerprint density at radius 3 is 2.67 bits per heavy atom. The van der Waals surface area contributed by atoms with Crippen molar-refractivity contribution in [1.29, 1.82) is 0 Å². The van der Waals surface area contributed by atoms with Crippen LogP contribution in [0, 0.1) is 5.82 Å². The van der Waals surface area contributed by atoms with Gasteiger partial charge in [0.2, 0.25) is 0 Å². The minimum absolute atomic E-state index is 0.325. The second-order valence-electron chi connectivity index (χ2n) is 5.18. The zero-order valence-electron chi connectivity index (χ0n) is 12.2. The summed E-state index contributed by atoms with van der Waals surface area (Å²) in [5, 5.41) is 3.28. The van der Waals surface area contributed by atoms with Crippen molar-refractivity contribution in [3.8, 4) is 5.75 Å². The van der Waals surface area contributed by atoms with E-state index in [1.165, 1.54) is 6.07 Å². The molecule has 2 aromatic carbocycles. The Kier molecular flexibility index (Phi) is 5.76. The van der Waals surface area contributed by atoms with Crippen molar-refractivity contribution in [2.75, 3.05) is 0 Å². The Bertz CT molecular complexity index is 601. The molecule has 0 atom stereocenters. The fourth-order valence-corrected chi connectivity index (χ4v) is 2.40. The van der Waals surface area contributed by atoms with Crippen molar-refractivity contribution in [1.82, 2.24) is 5.32 Å². The van der Waals surface area contributed by atoms with Crippen LogP contribution >= 0.6 is 15.9 Å². The van der Waals surface area contributed by atoms with Crippen molar-refractivity contribution < 1.29 is 9.13 Å². The molecule has 0 amide bonds. The average molecular weight is 352 g/mol. The van der Waals surface area contributed by atoms with Crippen molar-refractivity contribution in [3.05, 3.63) is 63.9 Å². The molecule has 0 aromatic heterocycles. The zero-order valence-corrected chi connectivity index (χ0v) is 13.8.